The Morgan fingerprint density at radius 3 is 1.67 bits per heavy atom. The average Bonchev–Trinajstić information content (AvgIpc) is 3.18. The van der Waals surface area contributed by atoms with Crippen LogP contribution in [0, 0.1) is 27.7 Å². The SMILES string of the molecule is COc1c(C)cc(C)cc1-c1cc(C)cc(C)c1OPc1c(-c2ccccc2)ccc2c1-c1c(ccc(-c3ccccc3)c1P)OCCCCCO2. The number of fused-ring (bicyclic) bond motifs is 3. The van der Waals surface area contributed by atoms with E-state index in [1.807, 2.05) is 0 Å². The highest BCUT2D eigenvalue weighted by atomic mass is 31.1. The van der Waals surface area contributed by atoms with E-state index in [1.165, 1.54) is 11.1 Å². The van der Waals surface area contributed by atoms with Crippen LogP contribution in [0.3, 0.4) is 0 Å². The van der Waals surface area contributed by atoms with Gasteiger partial charge in [0.2, 0.25) is 0 Å². The first kappa shape index (κ1) is 35.8. The summed E-state index contributed by atoms with van der Waals surface area (Å²) in [6.07, 6.45) is 2.97. The van der Waals surface area contributed by atoms with Crippen molar-refractivity contribution >= 4 is 28.7 Å². The van der Waals surface area contributed by atoms with E-state index in [4.69, 9.17) is 18.7 Å². The molecule has 0 spiro atoms. The number of benzene rings is 6. The van der Waals surface area contributed by atoms with Crippen molar-refractivity contribution in [3.8, 4) is 67.5 Å². The molecule has 6 aromatic carbocycles. The predicted octanol–water partition coefficient (Wildman–Crippen LogP) is 11.3. The van der Waals surface area contributed by atoms with Crippen molar-refractivity contribution in [3.63, 3.8) is 0 Å². The molecule has 4 nitrogen and oxygen atoms in total. The fraction of sp³-hybridized carbons (Fsp3) is 0.217. The molecular formula is C46H46O4P2. The quantitative estimate of drug-likeness (QED) is 0.154. The number of rotatable bonds is 7. The molecule has 0 aliphatic carbocycles. The standard InChI is InChI=1S/C46H46O4P2/c1-29-25-31(3)43(47-5)37(27-29)38-28-30(2)26-32(4)44(38)50-52-46-36(34-17-11-7-12-18-34)20-22-40-42(46)41-39(48-23-13-8-14-24-49-40)21-19-35(45(41)51)33-15-9-6-10-16-33/h6-7,9-12,15-22,25-28,52H,8,13-14,23-24,51H2,1-5H3. The third-order valence-corrected chi connectivity index (χ3v) is 11.3. The average molecular weight is 725 g/mol. The molecule has 52 heavy (non-hydrogen) atoms. The van der Waals surface area contributed by atoms with Crippen LogP contribution in [0.5, 0.6) is 23.0 Å². The van der Waals surface area contributed by atoms with Gasteiger partial charge in [0, 0.05) is 27.6 Å². The van der Waals surface area contributed by atoms with Crippen molar-refractivity contribution in [2.45, 2.75) is 47.0 Å². The summed E-state index contributed by atoms with van der Waals surface area (Å²) in [6.45, 7) is 9.78. The first-order chi connectivity index (χ1) is 25.3. The minimum atomic E-state index is -0.0534. The Labute approximate surface area is 312 Å². The fourth-order valence-corrected chi connectivity index (χ4v) is 9.04. The second-order valence-electron chi connectivity index (χ2n) is 13.6. The Hall–Kier alpha value is -4.62. The Bertz CT molecular complexity index is 2210. The van der Waals surface area contributed by atoms with Crippen molar-refractivity contribution in [1.82, 2.24) is 0 Å². The van der Waals surface area contributed by atoms with Crippen molar-refractivity contribution in [2.24, 2.45) is 0 Å². The van der Waals surface area contributed by atoms with Gasteiger partial charge in [0.05, 0.1) is 20.3 Å². The number of hydrogen-bond acceptors (Lipinski definition) is 4. The van der Waals surface area contributed by atoms with E-state index >= 15 is 0 Å². The molecule has 0 N–H and O–H groups in total. The van der Waals surface area contributed by atoms with Crippen molar-refractivity contribution < 1.29 is 18.7 Å². The van der Waals surface area contributed by atoms with Crippen molar-refractivity contribution in [3.05, 3.63) is 131 Å². The Morgan fingerprint density at radius 2 is 1.08 bits per heavy atom. The first-order valence-corrected chi connectivity index (χ1v) is 19.5. The van der Waals surface area contributed by atoms with E-state index in [2.05, 4.69) is 146 Å². The van der Waals surface area contributed by atoms with Gasteiger partial charge in [-0.15, -0.1) is 9.24 Å². The molecule has 2 unspecified atom stereocenters. The van der Waals surface area contributed by atoms with Crippen LogP contribution in [0.25, 0.3) is 44.5 Å². The van der Waals surface area contributed by atoms with Crippen LogP contribution in [0.15, 0.2) is 109 Å². The zero-order valence-corrected chi connectivity index (χ0v) is 32.8. The number of hydrogen-bond donors (Lipinski definition) is 0. The Balaban J connectivity index is 1.48. The van der Waals surface area contributed by atoms with Crippen LogP contribution in [0.4, 0.5) is 0 Å². The van der Waals surface area contributed by atoms with E-state index in [1.54, 1.807) is 7.11 Å². The highest BCUT2D eigenvalue weighted by Crippen LogP contribution is 2.47. The molecule has 1 aliphatic heterocycles. The lowest BCUT2D eigenvalue weighted by Gasteiger charge is -2.24. The van der Waals surface area contributed by atoms with Crippen molar-refractivity contribution in [2.75, 3.05) is 20.3 Å². The predicted molar refractivity (Wildman–Crippen MR) is 223 cm³/mol. The summed E-state index contributed by atoms with van der Waals surface area (Å²) in [6, 6.07) is 38.6. The molecule has 0 amide bonds. The van der Waals surface area contributed by atoms with Gasteiger partial charge in [0.15, 0.2) is 0 Å². The summed E-state index contributed by atoms with van der Waals surface area (Å²) in [7, 11) is 4.75. The number of ether oxygens (including phenoxy) is 3. The molecule has 0 saturated carbocycles. The maximum atomic E-state index is 7.16. The molecule has 0 bridgehead atoms. The molecule has 0 saturated heterocycles. The van der Waals surface area contributed by atoms with Gasteiger partial charge in [-0.2, -0.15) is 0 Å². The van der Waals surface area contributed by atoms with Gasteiger partial charge >= 0.3 is 0 Å². The topological polar surface area (TPSA) is 36.9 Å². The van der Waals surface area contributed by atoms with Gasteiger partial charge in [0.25, 0.3) is 0 Å². The van der Waals surface area contributed by atoms with Gasteiger partial charge in [-0.1, -0.05) is 78.9 Å². The normalized spacial score (nSPS) is 13.0. The third-order valence-electron chi connectivity index (χ3n) is 9.69. The molecular weight excluding hydrogens is 678 g/mol. The monoisotopic (exact) mass is 724 g/mol. The van der Waals surface area contributed by atoms with Crippen LogP contribution >= 0.6 is 18.0 Å². The Morgan fingerprint density at radius 1 is 0.558 bits per heavy atom. The zero-order chi connectivity index (χ0) is 36.2. The van der Waals surface area contributed by atoms with Gasteiger partial charge in [-0.25, -0.2) is 0 Å². The van der Waals surface area contributed by atoms with Gasteiger partial charge in [-0.05, 0) is 127 Å². The third kappa shape index (κ3) is 7.34. The van der Waals surface area contributed by atoms with Crippen LogP contribution < -0.4 is 29.3 Å². The molecule has 0 fully saturated rings. The van der Waals surface area contributed by atoms with Crippen LogP contribution in [0.1, 0.15) is 41.5 Å². The molecule has 1 aliphatic rings. The number of aryl methyl sites for hydroxylation is 4. The number of methoxy groups -OCH3 is 1. The lowest BCUT2D eigenvalue weighted by atomic mass is 9.94. The van der Waals surface area contributed by atoms with E-state index in [-0.39, 0.29) is 8.81 Å². The maximum Gasteiger partial charge on any atom is 0.134 e. The second-order valence-corrected chi connectivity index (χ2v) is 15.1. The molecule has 0 radical (unpaired) electrons. The van der Waals surface area contributed by atoms with Crippen LogP contribution in [-0.2, 0) is 0 Å². The summed E-state index contributed by atoms with van der Waals surface area (Å²) in [5, 5.41) is 2.14. The largest absolute Gasteiger partial charge is 0.496 e. The van der Waals surface area contributed by atoms with E-state index < -0.39 is 0 Å². The van der Waals surface area contributed by atoms with E-state index in [0.717, 1.165) is 109 Å². The minimum absolute atomic E-state index is 0.0534. The molecule has 7 rings (SSSR count). The molecule has 1 heterocycles. The lowest BCUT2D eigenvalue weighted by Crippen LogP contribution is -2.15. The Kier molecular flexibility index (Phi) is 11.0. The van der Waals surface area contributed by atoms with E-state index in [9.17, 15) is 0 Å². The molecule has 264 valence electrons. The molecule has 2 atom stereocenters. The fourth-order valence-electron chi connectivity index (χ4n) is 7.33. The molecule has 0 aromatic heterocycles. The van der Waals surface area contributed by atoms with Gasteiger partial charge in [0.1, 0.15) is 31.8 Å². The molecule has 6 heteroatoms. The second kappa shape index (κ2) is 16.0. The molecule has 6 aromatic rings. The lowest BCUT2D eigenvalue weighted by molar-refractivity contribution is 0.284. The van der Waals surface area contributed by atoms with Gasteiger partial charge in [-0.3, -0.25) is 0 Å². The summed E-state index contributed by atoms with van der Waals surface area (Å²) in [4.78, 5) is 0. The first-order valence-electron chi connectivity index (χ1n) is 18.0. The van der Waals surface area contributed by atoms with E-state index in [0.29, 0.717) is 13.2 Å². The minimum Gasteiger partial charge on any atom is -0.496 e. The zero-order valence-electron chi connectivity index (χ0n) is 30.6. The summed E-state index contributed by atoms with van der Waals surface area (Å²) >= 11 is 0. The maximum absolute atomic E-state index is 7.16. The highest BCUT2D eigenvalue weighted by Gasteiger charge is 2.26. The summed E-state index contributed by atoms with van der Waals surface area (Å²) < 4.78 is 26.5. The van der Waals surface area contributed by atoms with Gasteiger partial charge < -0.3 is 18.7 Å². The summed E-state index contributed by atoms with van der Waals surface area (Å²) in [5.41, 5.74) is 13.1. The smallest absolute Gasteiger partial charge is 0.134 e. The van der Waals surface area contributed by atoms with Crippen molar-refractivity contribution in [1.29, 1.82) is 0 Å². The summed E-state index contributed by atoms with van der Waals surface area (Å²) in [5.74, 6) is 3.40. The van der Waals surface area contributed by atoms with Crippen LogP contribution in [0.2, 0.25) is 0 Å². The van der Waals surface area contributed by atoms with Crippen LogP contribution in [-0.4, -0.2) is 20.3 Å². The highest BCUT2D eigenvalue weighted by molar-refractivity contribution is 7.43.